The second kappa shape index (κ2) is 5.72. The fourth-order valence-electron chi connectivity index (χ4n) is 1.28. The Morgan fingerprint density at radius 2 is 2.22 bits per heavy atom. The highest BCUT2D eigenvalue weighted by atomic mass is 16.5. The number of imidazole rings is 1. The predicted octanol–water partition coefficient (Wildman–Crippen LogP) is 1.24. The zero-order valence-corrected chi connectivity index (χ0v) is 9.85. The molecule has 0 spiro atoms. The van der Waals surface area contributed by atoms with E-state index in [1.165, 1.54) is 6.08 Å². The van der Waals surface area contributed by atoms with E-state index in [-0.39, 0.29) is 5.97 Å². The fourth-order valence-corrected chi connectivity index (χ4v) is 1.28. The van der Waals surface area contributed by atoms with Crippen LogP contribution in [0.1, 0.15) is 12.5 Å². The van der Waals surface area contributed by atoms with E-state index in [2.05, 4.69) is 15.0 Å². The summed E-state index contributed by atoms with van der Waals surface area (Å²) in [5.41, 5.74) is 0.729. The predicted molar refractivity (Wildman–Crippen MR) is 64.8 cm³/mol. The van der Waals surface area contributed by atoms with Crippen LogP contribution < -0.4 is 0 Å². The first-order chi connectivity index (χ1) is 8.79. The van der Waals surface area contributed by atoms with Crippen LogP contribution in [-0.2, 0) is 9.53 Å². The molecule has 2 rings (SSSR count). The van der Waals surface area contributed by atoms with Gasteiger partial charge in [0.1, 0.15) is 6.33 Å². The smallest absolute Gasteiger partial charge is 0.330 e. The van der Waals surface area contributed by atoms with Gasteiger partial charge < -0.3 is 4.74 Å². The Labute approximate surface area is 104 Å². The number of hydrogen-bond donors (Lipinski definition) is 0. The molecule has 92 valence electrons. The molecule has 0 aliphatic rings. The lowest BCUT2D eigenvalue weighted by atomic mass is 10.3. The van der Waals surface area contributed by atoms with Crippen molar-refractivity contribution >= 4 is 12.0 Å². The number of carbonyl (C=O) groups is 1. The number of hydrogen-bond acceptors (Lipinski definition) is 5. The lowest BCUT2D eigenvalue weighted by Gasteiger charge is -1.99. The molecule has 0 amide bonds. The van der Waals surface area contributed by atoms with Crippen molar-refractivity contribution < 1.29 is 9.53 Å². The van der Waals surface area contributed by atoms with Crippen LogP contribution in [0, 0.1) is 0 Å². The summed E-state index contributed by atoms with van der Waals surface area (Å²) < 4.78 is 6.46. The van der Waals surface area contributed by atoms with E-state index in [9.17, 15) is 4.79 Å². The second-order valence-electron chi connectivity index (χ2n) is 3.37. The largest absolute Gasteiger partial charge is 0.463 e. The minimum absolute atomic E-state index is 0.360. The van der Waals surface area contributed by atoms with Crippen LogP contribution in [0.2, 0.25) is 0 Å². The highest BCUT2D eigenvalue weighted by Crippen LogP contribution is 2.03. The topological polar surface area (TPSA) is 69.9 Å². The quantitative estimate of drug-likeness (QED) is 0.597. The van der Waals surface area contributed by atoms with Crippen LogP contribution >= 0.6 is 0 Å². The highest BCUT2D eigenvalue weighted by Gasteiger charge is 1.98. The molecule has 6 heteroatoms. The van der Waals surface area contributed by atoms with Gasteiger partial charge in [-0.25, -0.2) is 19.7 Å². The fraction of sp³-hybridized carbons (Fsp3) is 0.167. The number of nitrogens with zero attached hydrogens (tertiary/aromatic N) is 4. The summed E-state index contributed by atoms with van der Waals surface area (Å²) in [6.07, 6.45) is 11.2. The number of rotatable bonds is 4. The lowest BCUT2D eigenvalue weighted by Crippen LogP contribution is -1.99. The third-order valence-corrected chi connectivity index (χ3v) is 2.09. The minimum Gasteiger partial charge on any atom is -0.463 e. The van der Waals surface area contributed by atoms with Crippen LogP contribution in [0.15, 0.2) is 37.2 Å². The maximum Gasteiger partial charge on any atom is 0.330 e. The molecule has 6 nitrogen and oxygen atoms in total. The normalized spacial score (nSPS) is 10.7. The van der Waals surface area contributed by atoms with Gasteiger partial charge in [-0.3, -0.25) is 4.57 Å². The summed E-state index contributed by atoms with van der Waals surface area (Å²) in [5.74, 6) is 0.150. The Morgan fingerprint density at radius 1 is 1.44 bits per heavy atom. The first-order valence-corrected chi connectivity index (χ1v) is 5.45. The van der Waals surface area contributed by atoms with Crippen LogP contribution in [-0.4, -0.2) is 32.1 Å². The summed E-state index contributed by atoms with van der Waals surface area (Å²) in [6, 6.07) is 0. The van der Waals surface area contributed by atoms with Gasteiger partial charge in [0.15, 0.2) is 0 Å². The molecule has 0 aliphatic carbocycles. The highest BCUT2D eigenvalue weighted by molar-refractivity contribution is 5.86. The average molecular weight is 244 g/mol. The summed E-state index contributed by atoms with van der Waals surface area (Å²) in [6.45, 7) is 2.12. The Bertz CT molecular complexity index is 532. The number of carbonyl (C=O) groups excluding carboxylic acids is 1. The van der Waals surface area contributed by atoms with Gasteiger partial charge in [-0.2, -0.15) is 0 Å². The Hall–Kier alpha value is -2.50. The zero-order chi connectivity index (χ0) is 12.8. The van der Waals surface area contributed by atoms with Gasteiger partial charge in [0.2, 0.25) is 5.95 Å². The maximum atomic E-state index is 11.1. The summed E-state index contributed by atoms with van der Waals surface area (Å²) in [4.78, 5) is 23.3. The Morgan fingerprint density at radius 3 is 2.83 bits per heavy atom. The molecule has 0 atom stereocenters. The molecule has 0 N–H and O–H groups in total. The number of ether oxygens (including phenoxy) is 1. The summed E-state index contributed by atoms with van der Waals surface area (Å²) >= 11 is 0. The van der Waals surface area contributed by atoms with Crippen LogP contribution in [0.3, 0.4) is 0 Å². The molecule has 0 radical (unpaired) electrons. The molecule has 2 aromatic heterocycles. The summed E-state index contributed by atoms with van der Waals surface area (Å²) in [7, 11) is 0. The van der Waals surface area contributed by atoms with E-state index < -0.39 is 0 Å². The first kappa shape index (κ1) is 12.0. The molecule has 2 aromatic rings. The summed E-state index contributed by atoms with van der Waals surface area (Å²) in [5, 5.41) is 0. The van der Waals surface area contributed by atoms with Gasteiger partial charge >= 0.3 is 5.97 Å². The van der Waals surface area contributed by atoms with Gasteiger partial charge in [-0.15, -0.1) is 0 Å². The lowest BCUT2D eigenvalue weighted by molar-refractivity contribution is -0.137. The molecular weight excluding hydrogens is 232 g/mol. The van der Waals surface area contributed by atoms with Crippen molar-refractivity contribution in [1.82, 2.24) is 19.5 Å². The molecule has 0 saturated carbocycles. The van der Waals surface area contributed by atoms with Gasteiger partial charge in [0.25, 0.3) is 0 Å². The van der Waals surface area contributed by atoms with E-state index in [1.807, 2.05) is 0 Å². The van der Waals surface area contributed by atoms with Crippen LogP contribution in [0.5, 0.6) is 0 Å². The van der Waals surface area contributed by atoms with E-state index in [1.54, 1.807) is 48.7 Å². The van der Waals surface area contributed by atoms with Crippen molar-refractivity contribution in [2.75, 3.05) is 6.61 Å². The first-order valence-electron chi connectivity index (χ1n) is 5.45. The van der Waals surface area contributed by atoms with Crippen LogP contribution in [0.4, 0.5) is 0 Å². The van der Waals surface area contributed by atoms with Gasteiger partial charge in [-0.05, 0) is 13.0 Å². The average Bonchev–Trinajstić information content (AvgIpc) is 2.91. The molecule has 0 unspecified atom stereocenters. The molecule has 18 heavy (non-hydrogen) atoms. The Kier molecular flexibility index (Phi) is 3.80. The van der Waals surface area contributed by atoms with E-state index in [0.29, 0.717) is 12.6 Å². The number of esters is 1. The van der Waals surface area contributed by atoms with E-state index in [0.717, 1.165) is 5.56 Å². The van der Waals surface area contributed by atoms with Crippen LogP contribution in [0.25, 0.3) is 12.0 Å². The van der Waals surface area contributed by atoms with Crippen molar-refractivity contribution in [2.24, 2.45) is 0 Å². The monoisotopic (exact) mass is 244 g/mol. The minimum atomic E-state index is -0.379. The van der Waals surface area contributed by atoms with Crippen molar-refractivity contribution in [3.05, 3.63) is 42.8 Å². The molecule has 0 aliphatic heterocycles. The van der Waals surface area contributed by atoms with Crippen molar-refractivity contribution in [2.45, 2.75) is 6.92 Å². The number of aromatic nitrogens is 4. The van der Waals surface area contributed by atoms with Gasteiger partial charge in [-0.1, -0.05) is 0 Å². The van der Waals surface area contributed by atoms with Crippen molar-refractivity contribution in [3.63, 3.8) is 0 Å². The molecule has 0 saturated heterocycles. The van der Waals surface area contributed by atoms with Gasteiger partial charge in [0, 0.05) is 36.4 Å². The third kappa shape index (κ3) is 3.00. The zero-order valence-electron chi connectivity index (χ0n) is 9.85. The maximum absolute atomic E-state index is 11.1. The van der Waals surface area contributed by atoms with E-state index >= 15 is 0 Å². The standard InChI is InChI=1S/C12H12N4O2/c1-2-18-11(17)4-3-10-7-14-12(15-8-10)16-6-5-13-9-16/h3-9H,2H2,1H3. The molecule has 0 bridgehead atoms. The second-order valence-corrected chi connectivity index (χ2v) is 3.37. The Balaban J connectivity index is 2.06. The molecule has 0 aromatic carbocycles. The SMILES string of the molecule is CCOC(=O)C=Cc1cnc(-n2ccnc2)nc1. The third-order valence-electron chi connectivity index (χ3n) is 2.09. The molecule has 0 fully saturated rings. The van der Waals surface area contributed by atoms with Crippen molar-refractivity contribution in [3.8, 4) is 5.95 Å². The van der Waals surface area contributed by atoms with Crippen molar-refractivity contribution in [1.29, 1.82) is 0 Å². The molecular formula is C12H12N4O2. The molecule has 2 heterocycles. The van der Waals surface area contributed by atoms with Gasteiger partial charge in [0.05, 0.1) is 6.61 Å². The van der Waals surface area contributed by atoms with E-state index in [4.69, 9.17) is 4.74 Å².